The lowest BCUT2D eigenvalue weighted by atomic mass is 10.2. The van der Waals surface area contributed by atoms with Gasteiger partial charge in [-0.3, -0.25) is 4.90 Å². The number of nitrogens with two attached hydrogens (primary N) is 1. The van der Waals surface area contributed by atoms with Gasteiger partial charge in [0.2, 0.25) is 0 Å². The number of carbonyl (C=O) groups excluding carboxylic acids is 1. The average molecular weight is 222 g/mol. The van der Waals surface area contributed by atoms with E-state index in [9.17, 15) is 4.79 Å². The van der Waals surface area contributed by atoms with Gasteiger partial charge in [0.15, 0.2) is 0 Å². The molecule has 2 N–H and O–H groups in total. The second-order valence-corrected chi connectivity index (χ2v) is 4.54. The van der Waals surface area contributed by atoms with Gasteiger partial charge < -0.3 is 10.5 Å². The molecule has 0 aliphatic carbocycles. The van der Waals surface area contributed by atoms with Crippen molar-refractivity contribution in [1.29, 1.82) is 0 Å². The third-order valence-electron chi connectivity index (χ3n) is 1.80. The first-order valence-electron chi connectivity index (χ1n) is 5.18. The van der Waals surface area contributed by atoms with Gasteiger partial charge in [-0.05, 0) is 39.0 Å². The SMILES string of the molecule is CC(C)(C)OC(=O)N1\C=C/C=C(N)\C=C/C1. The molecule has 0 spiro atoms. The molecular weight excluding hydrogens is 204 g/mol. The summed E-state index contributed by atoms with van der Waals surface area (Å²) in [6.45, 7) is 5.98. The fourth-order valence-corrected chi connectivity index (χ4v) is 1.13. The van der Waals surface area contributed by atoms with E-state index in [1.54, 1.807) is 24.4 Å². The van der Waals surface area contributed by atoms with Crippen molar-refractivity contribution >= 4 is 6.09 Å². The van der Waals surface area contributed by atoms with E-state index < -0.39 is 5.60 Å². The highest BCUT2D eigenvalue weighted by atomic mass is 16.6. The Labute approximate surface area is 96.1 Å². The molecule has 88 valence electrons. The Morgan fingerprint density at radius 2 is 2.19 bits per heavy atom. The molecule has 1 amide bonds. The fourth-order valence-electron chi connectivity index (χ4n) is 1.13. The van der Waals surface area contributed by atoms with E-state index in [-0.39, 0.29) is 6.09 Å². The second kappa shape index (κ2) is 4.88. The molecule has 0 atom stereocenters. The lowest BCUT2D eigenvalue weighted by Crippen LogP contribution is -2.33. The van der Waals surface area contributed by atoms with E-state index in [2.05, 4.69) is 0 Å². The van der Waals surface area contributed by atoms with Crippen molar-refractivity contribution < 1.29 is 9.53 Å². The molecule has 0 saturated carbocycles. The number of carbonyl (C=O) groups is 1. The minimum atomic E-state index is -0.480. The van der Waals surface area contributed by atoms with Crippen LogP contribution in [0.1, 0.15) is 20.8 Å². The maximum atomic E-state index is 11.7. The van der Waals surface area contributed by atoms with Gasteiger partial charge in [-0.1, -0.05) is 6.08 Å². The topological polar surface area (TPSA) is 55.6 Å². The maximum absolute atomic E-state index is 11.7. The number of ether oxygens (including phenoxy) is 1. The summed E-state index contributed by atoms with van der Waals surface area (Å²) in [4.78, 5) is 13.2. The van der Waals surface area contributed by atoms with Gasteiger partial charge >= 0.3 is 6.09 Å². The van der Waals surface area contributed by atoms with E-state index in [4.69, 9.17) is 10.5 Å². The van der Waals surface area contributed by atoms with Crippen LogP contribution in [0.5, 0.6) is 0 Å². The van der Waals surface area contributed by atoms with Crippen LogP contribution in [0.4, 0.5) is 4.79 Å². The van der Waals surface area contributed by atoms with Gasteiger partial charge in [-0.2, -0.15) is 0 Å². The average Bonchev–Trinajstić information content (AvgIpc) is 2.07. The molecule has 0 saturated heterocycles. The Bertz CT molecular complexity index is 349. The minimum Gasteiger partial charge on any atom is -0.443 e. The summed E-state index contributed by atoms with van der Waals surface area (Å²) >= 11 is 0. The van der Waals surface area contributed by atoms with Crippen LogP contribution in [0.15, 0.2) is 36.2 Å². The molecule has 1 aliphatic heterocycles. The molecule has 1 aliphatic rings. The zero-order valence-corrected chi connectivity index (χ0v) is 9.93. The first-order valence-corrected chi connectivity index (χ1v) is 5.18. The van der Waals surface area contributed by atoms with Crippen LogP contribution in [0, 0.1) is 0 Å². The van der Waals surface area contributed by atoms with E-state index >= 15 is 0 Å². The molecule has 0 aromatic heterocycles. The predicted molar refractivity (Wildman–Crippen MR) is 63.5 cm³/mol. The molecule has 0 unspecified atom stereocenters. The van der Waals surface area contributed by atoms with Gasteiger partial charge in [0.05, 0.1) is 0 Å². The summed E-state index contributed by atoms with van der Waals surface area (Å²) in [6, 6.07) is 0. The molecule has 0 fully saturated rings. The second-order valence-electron chi connectivity index (χ2n) is 4.54. The van der Waals surface area contributed by atoms with Gasteiger partial charge in [0, 0.05) is 18.4 Å². The third kappa shape index (κ3) is 4.21. The van der Waals surface area contributed by atoms with Crippen molar-refractivity contribution in [3.8, 4) is 0 Å². The van der Waals surface area contributed by atoms with Crippen LogP contribution in [-0.2, 0) is 4.74 Å². The van der Waals surface area contributed by atoms with Crippen LogP contribution in [-0.4, -0.2) is 23.1 Å². The third-order valence-corrected chi connectivity index (χ3v) is 1.80. The van der Waals surface area contributed by atoms with Crippen molar-refractivity contribution in [2.45, 2.75) is 26.4 Å². The van der Waals surface area contributed by atoms with Gasteiger partial charge in [0.25, 0.3) is 0 Å². The van der Waals surface area contributed by atoms with Gasteiger partial charge in [0.1, 0.15) is 5.60 Å². The molecular formula is C12H18N2O2. The molecule has 0 aromatic carbocycles. The molecule has 1 rings (SSSR count). The fraction of sp³-hybridized carbons (Fsp3) is 0.417. The monoisotopic (exact) mass is 222 g/mol. The highest BCUT2D eigenvalue weighted by Crippen LogP contribution is 2.11. The lowest BCUT2D eigenvalue weighted by Gasteiger charge is -2.24. The number of rotatable bonds is 0. The number of hydrogen-bond acceptors (Lipinski definition) is 3. The summed E-state index contributed by atoms with van der Waals surface area (Å²) in [5.74, 6) is 0. The largest absolute Gasteiger partial charge is 0.443 e. The van der Waals surface area contributed by atoms with Gasteiger partial charge in [-0.15, -0.1) is 0 Å². The van der Waals surface area contributed by atoms with E-state index in [0.717, 1.165) is 0 Å². The highest BCUT2D eigenvalue weighted by molar-refractivity contribution is 5.69. The Balaban J connectivity index is 2.68. The minimum absolute atomic E-state index is 0.359. The zero-order chi connectivity index (χ0) is 12.2. The summed E-state index contributed by atoms with van der Waals surface area (Å²) in [5.41, 5.74) is 5.80. The van der Waals surface area contributed by atoms with E-state index in [1.807, 2.05) is 26.8 Å². The number of amides is 1. The Morgan fingerprint density at radius 1 is 1.50 bits per heavy atom. The lowest BCUT2D eigenvalue weighted by molar-refractivity contribution is 0.0351. The Kier molecular flexibility index (Phi) is 3.77. The molecule has 0 bridgehead atoms. The Morgan fingerprint density at radius 3 is 2.81 bits per heavy atom. The van der Waals surface area contributed by atoms with Crippen LogP contribution in [0.25, 0.3) is 0 Å². The van der Waals surface area contributed by atoms with Crippen molar-refractivity contribution in [3.63, 3.8) is 0 Å². The van der Waals surface area contributed by atoms with Gasteiger partial charge in [-0.25, -0.2) is 4.79 Å². The molecule has 4 nitrogen and oxygen atoms in total. The van der Waals surface area contributed by atoms with Crippen LogP contribution in [0.3, 0.4) is 0 Å². The first-order chi connectivity index (χ1) is 7.38. The van der Waals surface area contributed by atoms with Crippen molar-refractivity contribution in [1.82, 2.24) is 4.90 Å². The van der Waals surface area contributed by atoms with Crippen LogP contribution >= 0.6 is 0 Å². The predicted octanol–water partition coefficient (Wildman–Crippen LogP) is 2.15. The number of hydrogen-bond donors (Lipinski definition) is 1. The summed E-state index contributed by atoms with van der Waals surface area (Å²) < 4.78 is 5.25. The van der Waals surface area contributed by atoms with Crippen molar-refractivity contribution in [2.75, 3.05) is 6.54 Å². The highest BCUT2D eigenvalue weighted by Gasteiger charge is 2.19. The number of nitrogens with zero attached hydrogens (tertiary/aromatic N) is 1. The normalized spacial score (nSPS) is 23.7. The maximum Gasteiger partial charge on any atom is 0.414 e. The quantitative estimate of drug-likeness (QED) is 0.683. The zero-order valence-electron chi connectivity index (χ0n) is 9.93. The van der Waals surface area contributed by atoms with Crippen LogP contribution < -0.4 is 5.73 Å². The van der Waals surface area contributed by atoms with Crippen molar-refractivity contribution in [2.24, 2.45) is 5.73 Å². The molecule has 16 heavy (non-hydrogen) atoms. The first kappa shape index (κ1) is 12.4. The van der Waals surface area contributed by atoms with Crippen molar-refractivity contribution in [3.05, 3.63) is 36.2 Å². The molecule has 0 radical (unpaired) electrons. The Hall–Kier alpha value is -1.71. The summed E-state index contributed by atoms with van der Waals surface area (Å²) in [5, 5.41) is 0. The molecule has 0 aromatic rings. The molecule has 1 heterocycles. The smallest absolute Gasteiger partial charge is 0.414 e. The summed E-state index contributed by atoms with van der Waals surface area (Å²) in [7, 11) is 0. The van der Waals surface area contributed by atoms with Crippen LogP contribution in [0.2, 0.25) is 0 Å². The summed E-state index contributed by atoms with van der Waals surface area (Å²) in [6.07, 6.45) is 8.34. The van der Waals surface area contributed by atoms with E-state index in [0.29, 0.717) is 12.2 Å². The molecule has 4 heteroatoms. The van der Waals surface area contributed by atoms with E-state index in [1.165, 1.54) is 4.90 Å². The standard InChI is InChI=1S/C12H18N2O2/c1-12(2,3)16-11(15)14-8-4-6-10(13)7-5-9-14/h4-8H,9,13H2,1-3H3/b7-5-,8-4-,10-6+. The number of allylic oxidation sites excluding steroid dienone is 3.